The van der Waals surface area contributed by atoms with E-state index in [1.807, 2.05) is 0 Å². The fourth-order valence-corrected chi connectivity index (χ4v) is 20.6. The summed E-state index contributed by atoms with van der Waals surface area (Å²) in [6.07, 6.45) is 40.8. The number of hydrogen-bond acceptors (Lipinski definition) is 3. The molecule has 0 bridgehead atoms. The number of anilines is 9. The molecule has 0 atom stereocenters. The van der Waals surface area contributed by atoms with Crippen LogP contribution in [-0.2, 0) is 0 Å². The first kappa shape index (κ1) is 78.8. The Morgan fingerprint density at radius 2 is 0.376 bits per heavy atom. The van der Waals surface area contributed by atoms with E-state index in [-0.39, 0.29) is 0 Å². The molecule has 0 aliphatic heterocycles. The predicted octanol–water partition coefficient (Wildman–Crippen LogP) is 34.4. The van der Waals surface area contributed by atoms with E-state index in [0.29, 0.717) is 11.8 Å². The van der Waals surface area contributed by atoms with Crippen molar-refractivity contribution in [3.63, 3.8) is 0 Å². The number of rotatable bonds is 19. The topological polar surface area (TPSA) is 9.72 Å². The lowest BCUT2D eigenvalue weighted by Crippen LogP contribution is -2.12. The maximum atomic E-state index is 2.47. The molecule has 6 saturated carbocycles. The summed E-state index contributed by atoms with van der Waals surface area (Å²) in [5.41, 5.74) is 30.0. The molecule has 0 radical (unpaired) electrons. The lowest BCUT2D eigenvalue weighted by atomic mass is 9.84. The maximum Gasteiger partial charge on any atom is 0.0540 e. The van der Waals surface area contributed by atoms with Gasteiger partial charge in [-0.05, 0) is 294 Å². The molecule has 6 fully saturated rings. The van der Waals surface area contributed by atoms with Crippen molar-refractivity contribution in [2.75, 3.05) is 14.7 Å². The molecular formula is C114H121N3. The van der Waals surface area contributed by atoms with Crippen molar-refractivity contribution < 1.29 is 0 Å². The first-order chi connectivity index (χ1) is 58.0. The number of nitrogens with zero attached hydrogens (tertiary/aromatic N) is 3. The van der Waals surface area contributed by atoms with E-state index in [0.717, 1.165) is 23.7 Å². The van der Waals surface area contributed by atoms with Crippen LogP contribution in [0.3, 0.4) is 0 Å². The number of benzene rings is 13. The lowest BCUT2D eigenvalue weighted by molar-refractivity contribution is 0.443. The molecule has 6 aliphatic carbocycles. The molecule has 6 aliphatic rings. The zero-order valence-electron chi connectivity index (χ0n) is 69.3. The second-order valence-electron chi connectivity index (χ2n) is 34.9. The molecule has 3 nitrogen and oxygen atoms in total. The van der Waals surface area contributed by atoms with Crippen LogP contribution in [0.1, 0.15) is 262 Å². The van der Waals surface area contributed by atoms with Gasteiger partial charge in [0.2, 0.25) is 0 Å². The first-order valence-corrected chi connectivity index (χ1v) is 45.6. The molecule has 0 aromatic heterocycles. The highest BCUT2D eigenvalue weighted by atomic mass is 15.2. The Morgan fingerprint density at radius 3 is 0.675 bits per heavy atom. The highest BCUT2D eigenvalue weighted by Gasteiger charge is 2.26. The van der Waals surface area contributed by atoms with E-state index in [9.17, 15) is 0 Å². The van der Waals surface area contributed by atoms with Crippen molar-refractivity contribution in [3.05, 3.63) is 367 Å². The summed E-state index contributed by atoms with van der Waals surface area (Å²) in [6.45, 7) is 0. The fourth-order valence-electron chi connectivity index (χ4n) is 20.6. The third-order valence-corrected chi connectivity index (χ3v) is 27.2. The molecule has 0 unspecified atom stereocenters. The normalized spacial score (nSPS) is 16.7. The molecule has 592 valence electrons. The maximum absolute atomic E-state index is 2.47. The standard InChI is InChI=1S/C42H43N.2C36H39N/c1-5-13-32(14-6-1)36-21-25-40(26-22-36)43(41-27-23-37(24-28-41)33-15-7-2-8-16-33)42-30-38(34-17-9-3-10-18-34)29-39(31-42)35-19-11-4-12-20-35;1-4-12-28(13-5-1)30-20-24-33(25-21-30)37(34-26-22-31(23-27-34)29-14-6-2-7-15-29)36-19-11-10-18-35(36)32-16-8-3-9-17-32;1-4-11-28(12-5-1)31-19-23-34(24-20-31)37(35-25-21-32(22-26-35)29-13-6-2-7-14-29)36-18-10-17-33(27-36)30-15-8-3-9-16-30/h3-4,9-12,17-33H,1-2,5-8,13-16H2;3,8-11,16-29H,1-2,4-7,12-15H2;3,8-10,15-29H,1-2,4-7,11-14H2. The van der Waals surface area contributed by atoms with Gasteiger partial charge < -0.3 is 14.7 Å². The summed E-state index contributed by atoms with van der Waals surface area (Å²) >= 11 is 0. The van der Waals surface area contributed by atoms with Crippen LogP contribution in [-0.4, -0.2) is 0 Å². The third kappa shape index (κ3) is 19.8. The van der Waals surface area contributed by atoms with E-state index >= 15 is 0 Å². The predicted molar refractivity (Wildman–Crippen MR) is 500 cm³/mol. The van der Waals surface area contributed by atoms with Crippen LogP contribution in [0.5, 0.6) is 0 Å². The summed E-state index contributed by atoms with van der Waals surface area (Å²) in [6, 6.07) is 125. The molecule has 19 rings (SSSR count). The highest BCUT2D eigenvalue weighted by molar-refractivity contribution is 5.89. The molecule has 0 N–H and O–H groups in total. The minimum Gasteiger partial charge on any atom is -0.310 e. The monoisotopic (exact) mass is 1530 g/mol. The van der Waals surface area contributed by atoms with Gasteiger partial charge in [0.25, 0.3) is 0 Å². The van der Waals surface area contributed by atoms with Crippen molar-refractivity contribution >= 4 is 51.2 Å². The number of hydrogen-bond donors (Lipinski definition) is 0. The van der Waals surface area contributed by atoms with Gasteiger partial charge in [-0.3, -0.25) is 0 Å². The molecule has 117 heavy (non-hydrogen) atoms. The van der Waals surface area contributed by atoms with Crippen LogP contribution in [0, 0.1) is 0 Å². The molecule has 3 heteroatoms. The summed E-state index contributed by atoms with van der Waals surface area (Å²) in [5, 5.41) is 0. The average Bonchev–Trinajstić information content (AvgIpc) is 0.792. The Kier molecular flexibility index (Phi) is 26.6. The van der Waals surface area contributed by atoms with E-state index in [2.05, 4.69) is 348 Å². The first-order valence-electron chi connectivity index (χ1n) is 45.6. The summed E-state index contributed by atoms with van der Waals surface area (Å²) < 4.78 is 0. The largest absolute Gasteiger partial charge is 0.310 e. The Hall–Kier alpha value is -10.7. The van der Waals surface area contributed by atoms with Crippen molar-refractivity contribution in [1.82, 2.24) is 0 Å². The summed E-state index contributed by atoms with van der Waals surface area (Å²) in [7, 11) is 0. The minimum absolute atomic E-state index is 0.706. The Morgan fingerprint density at radius 1 is 0.145 bits per heavy atom. The van der Waals surface area contributed by atoms with Gasteiger partial charge in [0, 0.05) is 51.1 Å². The van der Waals surface area contributed by atoms with Gasteiger partial charge in [-0.2, -0.15) is 0 Å². The van der Waals surface area contributed by atoms with Crippen molar-refractivity contribution in [1.29, 1.82) is 0 Å². The van der Waals surface area contributed by atoms with Crippen molar-refractivity contribution in [3.8, 4) is 44.5 Å². The van der Waals surface area contributed by atoms with Crippen LogP contribution in [0.25, 0.3) is 44.5 Å². The van der Waals surface area contributed by atoms with Crippen molar-refractivity contribution in [2.45, 2.75) is 228 Å². The fraction of sp³-hybridized carbons (Fsp3) is 0.316. The van der Waals surface area contributed by atoms with Gasteiger partial charge in [-0.1, -0.05) is 340 Å². The second kappa shape index (κ2) is 39.5. The lowest BCUT2D eigenvalue weighted by Gasteiger charge is -2.29. The van der Waals surface area contributed by atoms with Gasteiger partial charge >= 0.3 is 0 Å². The SMILES string of the molecule is c1ccc(-c2cc(-c3ccccc3)cc(N(c3ccc(C4CCCCC4)cc3)c3ccc(C4CCCCC4)cc3)c2)cc1.c1ccc(-c2cccc(N(c3ccc(C4CCCCC4)cc3)c3ccc(C4CCCCC4)cc3)c2)cc1.c1ccc(-c2ccccc2N(c2ccc(C3CCCCC3)cc2)c2ccc(C3CCCCC3)cc2)cc1. The highest BCUT2D eigenvalue weighted by Crippen LogP contribution is 2.48. The van der Waals surface area contributed by atoms with Gasteiger partial charge in [-0.25, -0.2) is 0 Å². The van der Waals surface area contributed by atoms with E-state index in [1.165, 1.54) is 322 Å². The van der Waals surface area contributed by atoms with Gasteiger partial charge in [0.05, 0.1) is 5.69 Å². The van der Waals surface area contributed by atoms with Crippen LogP contribution >= 0.6 is 0 Å². The average molecular weight is 1530 g/mol. The molecule has 13 aromatic rings. The van der Waals surface area contributed by atoms with Gasteiger partial charge in [0.1, 0.15) is 0 Å². The Labute approximate surface area is 701 Å². The van der Waals surface area contributed by atoms with E-state index in [1.54, 1.807) is 0 Å². The number of para-hydroxylation sites is 1. The van der Waals surface area contributed by atoms with E-state index < -0.39 is 0 Å². The van der Waals surface area contributed by atoms with Crippen molar-refractivity contribution in [2.24, 2.45) is 0 Å². The second-order valence-corrected chi connectivity index (χ2v) is 34.9. The van der Waals surface area contributed by atoms with Crippen LogP contribution < -0.4 is 14.7 Å². The summed E-state index contributed by atoms with van der Waals surface area (Å²) in [5.74, 6) is 4.32. The van der Waals surface area contributed by atoms with Crippen LogP contribution in [0.15, 0.2) is 334 Å². The van der Waals surface area contributed by atoms with Gasteiger partial charge in [0.15, 0.2) is 0 Å². The Bertz CT molecular complexity index is 4910. The van der Waals surface area contributed by atoms with Gasteiger partial charge in [-0.15, -0.1) is 0 Å². The third-order valence-electron chi connectivity index (χ3n) is 27.2. The van der Waals surface area contributed by atoms with Crippen LogP contribution in [0.2, 0.25) is 0 Å². The quantitative estimate of drug-likeness (QED) is 0.0799. The smallest absolute Gasteiger partial charge is 0.0540 e. The molecule has 13 aromatic carbocycles. The molecular weight excluding hydrogens is 1410 g/mol. The molecule has 0 saturated heterocycles. The zero-order valence-corrected chi connectivity index (χ0v) is 69.3. The molecule has 0 spiro atoms. The summed E-state index contributed by atoms with van der Waals surface area (Å²) in [4.78, 5) is 7.35. The van der Waals surface area contributed by atoms with E-state index in [4.69, 9.17) is 0 Å². The van der Waals surface area contributed by atoms with Crippen LogP contribution in [0.4, 0.5) is 51.2 Å². The Balaban J connectivity index is 0.000000127. The minimum atomic E-state index is 0.706. The molecule has 0 heterocycles. The molecule has 0 amide bonds. The zero-order chi connectivity index (χ0) is 78.6.